The first-order valence-corrected chi connectivity index (χ1v) is 10.4. The summed E-state index contributed by atoms with van der Waals surface area (Å²) in [5.41, 5.74) is 3.36. The van der Waals surface area contributed by atoms with Gasteiger partial charge in [0.25, 0.3) is 11.5 Å². The summed E-state index contributed by atoms with van der Waals surface area (Å²) in [5, 5.41) is 2.90. The van der Waals surface area contributed by atoms with E-state index in [1.165, 1.54) is 16.0 Å². The lowest BCUT2D eigenvalue weighted by Crippen LogP contribution is -2.16. The summed E-state index contributed by atoms with van der Waals surface area (Å²) < 4.78 is 7.29. The van der Waals surface area contributed by atoms with Gasteiger partial charge < -0.3 is 10.1 Å². The quantitative estimate of drug-likeness (QED) is 0.495. The molecule has 0 aliphatic rings. The van der Waals surface area contributed by atoms with Crippen LogP contribution < -0.4 is 15.6 Å². The van der Waals surface area contributed by atoms with Gasteiger partial charge in [0.05, 0.1) is 5.69 Å². The summed E-state index contributed by atoms with van der Waals surface area (Å²) in [7, 11) is 0. The Morgan fingerprint density at radius 1 is 1.00 bits per heavy atom. The monoisotopic (exact) mass is 427 g/mol. The number of nitrogens with one attached hydrogen (secondary N) is 1. The number of ether oxygens (including phenoxy) is 1. The van der Waals surface area contributed by atoms with Gasteiger partial charge in [-0.2, -0.15) is 0 Å². The molecule has 6 heteroatoms. The van der Waals surface area contributed by atoms with Crippen LogP contribution in [0.5, 0.6) is 5.75 Å². The molecule has 2 aromatic carbocycles. The molecule has 0 aliphatic heterocycles. The first-order chi connectivity index (χ1) is 15.3. The number of anilines is 1. The van der Waals surface area contributed by atoms with Crippen molar-refractivity contribution in [2.24, 2.45) is 0 Å². The van der Waals surface area contributed by atoms with Crippen molar-refractivity contribution in [2.75, 3.05) is 5.32 Å². The molecule has 0 unspecified atom stereocenters. The number of rotatable bonds is 5. The third-order valence-electron chi connectivity index (χ3n) is 5.12. The highest BCUT2D eigenvalue weighted by Gasteiger charge is 2.14. The Kier molecular flexibility index (Phi) is 5.77. The van der Waals surface area contributed by atoms with E-state index in [0.717, 1.165) is 0 Å². The highest BCUT2D eigenvalue weighted by atomic mass is 16.5. The molecule has 0 bridgehead atoms. The van der Waals surface area contributed by atoms with Crippen LogP contribution in [-0.2, 0) is 12.0 Å². The molecule has 1 amide bonds. The summed E-state index contributed by atoms with van der Waals surface area (Å²) in [6.07, 6.45) is 1.68. The van der Waals surface area contributed by atoms with Gasteiger partial charge in [-0.15, -0.1) is 0 Å². The smallest absolute Gasteiger partial charge is 0.258 e. The zero-order valence-corrected chi connectivity index (χ0v) is 18.3. The number of benzene rings is 2. The van der Waals surface area contributed by atoms with E-state index in [9.17, 15) is 9.59 Å². The minimum absolute atomic E-state index is 0.0338. The highest BCUT2D eigenvalue weighted by molar-refractivity contribution is 6.04. The number of hydrogen-bond acceptors (Lipinski definition) is 4. The van der Waals surface area contributed by atoms with Gasteiger partial charge in [0.1, 0.15) is 18.0 Å². The fourth-order valence-electron chi connectivity index (χ4n) is 3.32. The average molecular weight is 428 g/mol. The number of pyridine rings is 1. The van der Waals surface area contributed by atoms with Crippen LogP contribution in [-0.4, -0.2) is 15.3 Å². The van der Waals surface area contributed by atoms with Crippen LogP contribution >= 0.6 is 0 Å². The van der Waals surface area contributed by atoms with Gasteiger partial charge in [0.15, 0.2) is 0 Å². The number of nitrogens with zero attached hydrogens (tertiary/aromatic N) is 2. The van der Waals surface area contributed by atoms with E-state index in [1.54, 1.807) is 42.6 Å². The largest absolute Gasteiger partial charge is 0.487 e. The van der Waals surface area contributed by atoms with Crippen molar-refractivity contribution in [2.45, 2.75) is 32.8 Å². The standard InChI is InChI=1S/C26H25N3O3/c1-26(2,3)19-12-10-18(11-13-19)25(31)28-20-7-6-8-22(15-20)32-17-21-16-24(30)29-14-5-4-9-23(29)27-21/h4-16H,17H2,1-3H3,(H,28,31). The minimum atomic E-state index is -0.188. The van der Waals surface area contributed by atoms with Gasteiger partial charge in [0.2, 0.25) is 0 Å². The van der Waals surface area contributed by atoms with Crippen LogP contribution in [0.1, 0.15) is 42.4 Å². The van der Waals surface area contributed by atoms with E-state index < -0.39 is 0 Å². The van der Waals surface area contributed by atoms with Gasteiger partial charge in [-0.1, -0.05) is 45.0 Å². The van der Waals surface area contributed by atoms with Crippen molar-refractivity contribution in [3.8, 4) is 5.75 Å². The van der Waals surface area contributed by atoms with E-state index in [0.29, 0.717) is 28.3 Å². The average Bonchev–Trinajstić information content (AvgIpc) is 2.77. The van der Waals surface area contributed by atoms with Crippen LogP contribution in [0.3, 0.4) is 0 Å². The molecule has 0 radical (unpaired) electrons. The second-order valence-electron chi connectivity index (χ2n) is 8.61. The van der Waals surface area contributed by atoms with Crippen LogP contribution in [0, 0.1) is 0 Å². The maximum absolute atomic E-state index is 12.6. The number of carbonyl (C=O) groups is 1. The number of hydrogen-bond donors (Lipinski definition) is 1. The van der Waals surface area contributed by atoms with Crippen LogP contribution in [0.2, 0.25) is 0 Å². The molecule has 162 valence electrons. The zero-order chi connectivity index (χ0) is 22.7. The summed E-state index contributed by atoms with van der Waals surface area (Å²) in [5.74, 6) is 0.382. The third-order valence-corrected chi connectivity index (χ3v) is 5.12. The van der Waals surface area contributed by atoms with Gasteiger partial charge >= 0.3 is 0 Å². The Labute approximate surface area is 186 Å². The Balaban J connectivity index is 1.43. The molecular formula is C26H25N3O3. The fourth-order valence-corrected chi connectivity index (χ4v) is 3.32. The van der Waals surface area contributed by atoms with Gasteiger partial charge in [-0.3, -0.25) is 14.0 Å². The van der Waals surface area contributed by atoms with Crippen molar-refractivity contribution in [3.05, 3.63) is 106 Å². The summed E-state index contributed by atoms with van der Waals surface area (Å²) in [6, 6.07) is 21.6. The maximum Gasteiger partial charge on any atom is 0.258 e. The van der Waals surface area contributed by atoms with Crippen molar-refractivity contribution in [1.82, 2.24) is 9.38 Å². The van der Waals surface area contributed by atoms with Gasteiger partial charge in [-0.05, 0) is 47.4 Å². The molecule has 4 rings (SSSR count). The molecule has 32 heavy (non-hydrogen) atoms. The number of amides is 1. The first-order valence-electron chi connectivity index (χ1n) is 10.4. The highest BCUT2D eigenvalue weighted by Crippen LogP contribution is 2.23. The van der Waals surface area contributed by atoms with E-state index in [-0.39, 0.29) is 23.5 Å². The Bertz CT molecular complexity index is 1320. The Morgan fingerprint density at radius 2 is 1.78 bits per heavy atom. The molecule has 2 heterocycles. The molecule has 0 fully saturated rings. The zero-order valence-electron chi connectivity index (χ0n) is 18.3. The SMILES string of the molecule is CC(C)(C)c1ccc(C(=O)Nc2cccc(OCc3cc(=O)n4ccccc4n3)c2)cc1. The van der Waals surface area contributed by atoms with Crippen LogP contribution in [0.4, 0.5) is 5.69 Å². The number of carbonyl (C=O) groups excluding carboxylic acids is 1. The van der Waals surface area contributed by atoms with E-state index >= 15 is 0 Å². The van der Waals surface area contributed by atoms with Gasteiger partial charge in [-0.25, -0.2) is 4.98 Å². The Hall–Kier alpha value is -3.93. The van der Waals surface area contributed by atoms with E-state index in [4.69, 9.17) is 4.74 Å². The Morgan fingerprint density at radius 3 is 2.53 bits per heavy atom. The summed E-state index contributed by atoms with van der Waals surface area (Å²) >= 11 is 0. The lowest BCUT2D eigenvalue weighted by molar-refractivity contribution is 0.102. The molecule has 0 spiro atoms. The predicted octanol–water partition coefficient (Wildman–Crippen LogP) is 4.82. The van der Waals surface area contributed by atoms with Gasteiger partial charge in [0, 0.05) is 29.6 Å². The number of fused-ring (bicyclic) bond motifs is 1. The van der Waals surface area contributed by atoms with Crippen molar-refractivity contribution in [3.63, 3.8) is 0 Å². The second kappa shape index (κ2) is 8.67. The summed E-state index contributed by atoms with van der Waals surface area (Å²) in [6.45, 7) is 6.56. The molecule has 2 aromatic heterocycles. The fraction of sp³-hybridized carbons (Fsp3) is 0.192. The second-order valence-corrected chi connectivity index (χ2v) is 8.61. The van der Waals surface area contributed by atoms with Crippen molar-refractivity contribution in [1.29, 1.82) is 0 Å². The summed E-state index contributed by atoms with van der Waals surface area (Å²) in [4.78, 5) is 29.3. The minimum Gasteiger partial charge on any atom is -0.487 e. The van der Waals surface area contributed by atoms with Crippen molar-refractivity contribution < 1.29 is 9.53 Å². The molecule has 6 nitrogen and oxygen atoms in total. The first kappa shape index (κ1) is 21.3. The molecular weight excluding hydrogens is 402 g/mol. The molecule has 0 saturated heterocycles. The molecule has 4 aromatic rings. The lowest BCUT2D eigenvalue weighted by atomic mass is 9.87. The van der Waals surface area contributed by atoms with Crippen LogP contribution in [0.25, 0.3) is 5.65 Å². The third kappa shape index (κ3) is 4.86. The molecule has 0 atom stereocenters. The molecule has 1 N–H and O–H groups in total. The normalized spacial score (nSPS) is 11.3. The molecule has 0 saturated carbocycles. The number of aromatic nitrogens is 2. The maximum atomic E-state index is 12.6. The predicted molar refractivity (Wildman–Crippen MR) is 125 cm³/mol. The molecule has 0 aliphatic carbocycles. The van der Waals surface area contributed by atoms with Crippen molar-refractivity contribution >= 4 is 17.2 Å². The van der Waals surface area contributed by atoms with Crippen LogP contribution in [0.15, 0.2) is 83.8 Å². The van der Waals surface area contributed by atoms with E-state index in [1.807, 2.05) is 30.3 Å². The lowest BCUT2D eigenvalue weighted by Gasteiger charge is -2.19. The topological polar surface area (TPSA) is 72.7 Å². The van der Waals surface area contributed by atoms with E-state index in [2.05, 4.69) is 31.1 Å².